The van der Waals surface area contributed by atoms with Gasteiger partial charge in [0.25, 0.3) is 0 Å². The molecule has 0 spiro atoms. The monoisotopic (exact) mass is 302 g/mol. The topological polar surface area (TPSA) is 61.4 Å². The lowest BCUT2D eigenvalue weighted by Crippen LogP contribution is -2.18. The SMILES string of the molecule is O=C1CCc2cc(NCc3cccc(Cl)c3O)ccc2N1. The highest BCUT2D eigenvalue weighted by molar-refractivity contribution is 6.32. The van der Waals surface area contributed by atoms with Crippen LogP contribution in [-0.4, -0.2) is 11.0 Å². The van der Waals surface area contributed by atoms with Gasteiger partial charge in [-0.3, -0.25) is 4.79 Å². The minimum atomic E-state index is 0.0621. The summed E-state index contributed by atoms with van der Waals surface area (Å²) in [6.07, 6.45) is 1.27. The molecule has 0 saturated heterocycles. The number of carbonyl (C=O) groups is 1. The highest BCUT2D eigenvalue weighted by atomic mass is 35.5. The van der Waals surface area contributed by atoms with Crippen molar-refractivity contribution < 1.29 is 9.90 Å². The Bertz CT molecular complexity index is 701. The zero-order chi connectivity index (χ0) is 14.8. The first-order valence-corrected chi connectivity index (χ1v) is 7.14. The van der Waals surface area contributed by atoms with E-state index in [1.807, 2.05) is 30.3 Å². The molecule has 5 heteroatoms. The van der Waals surface area contributed by atoms with Crippen LogP contribution in [0.4, 0.5) is 11.4 Å². The van der Waals surface area contributed by atoms with Crippen molar-refractivity contribution in [1.82, 2.24) is 0 Å². The fourth-order valence-electron chi connectivity index (χ4n) is 2.39. The maximum atomic E-state index is 11.3. The summed E-state index contributed by atoms with van der Waals surface area (Å²) in [4.78, 5) is 11.3. The van der Waals surface area contributed by atoms with Gasteiger partial charge in [0, 0.05) is 29.9 Å². The summed E-state index contributed by atoms with van der Waals surface area (Å²) in [7, 11) is 0. The molecule has 0 fully saturated rings. The molecule has 1 amide bonds. The first-order valence-electron chi connectivity index (χ1n) is 6.76. The van der Waals surface area contributed by atoms with Gasteiger partial charge in [0.05, 0.1) is 5.02 Å². The Hall–Kier alpha value is -2.20. The van der Waals surface area contributed by atoms with Crippen molar-refractivity contribution in [2.45, 2.75) is 19.4 Å². The van der Waals surface area contributed by atoms with E-state index in [2.05, 4.69) is 10.6 Å². The first-order chi connectivity index (χ1) is 10.1. The second-order valence-electron chi connectivity index (χ2n) is 5.02. The number of aryl methyl sites for hydroxylation is 1. The molecule has 3 N–H and O–H groups in total. The Morgan fingerprint density at radius 3 is 2.95 bits per heavy atom. The van der Waals surface area contributed by atoms with Crippen LogP contribution in [-0.2, 0) is 17.8 Å². The number of carbonyl (C=O) groups excluding carboxylic acids is 1. The van der Waals surface area contributed by atoms with Crippen LogP contribution in [0.1, 0.15) is 17.5 Å². The number of hydrogen-bond acceptors (Lipinski definition) is 3. The Labute approximate surface area is 127 Å². The number of amides is 1. The maximum absolute atomic E-state index is 11.3. The van der Waals surface area contributed by atoms with Crippen LogP contribution in [0, 0.1) is 0 Å². The van der Waals surface area contributed by atoms with E-state index in [0.717, 1.165) is 28.9 Å². The molecule has 0 aliphatic carbocycles. The van der Waals surface area contributed by atoms with Gasteiger partial charge >= 0.3 is 0 Å². The molecule has 0 radical (unpaired) electrons. The Morgan fingerprint density at radius 1 is 1.24 bits per heavy atom. The van der Waals surface area contributed by atoms with Crippen molar-refractivity contribution in [3.05, 3.63) is 52.5 Å². The van der Waals surface area contributed by atoms with Gasteiger partial charge in [0.2, 0.25) is 5.91 Å². The average Bonchev–Trinajstić information content (AvgIpc) is 2.49. The molecule has 4 nitrogen and oxygen atoms in total. The summed E-state index contributed by atoms with van der Waals surface area (Å²) >= 11 is 5.89. The number of para-hydroxylation sites is 1. The van der Waals surface area contributed by atoms with Crippen LogP contribution >= 0.6 is 11.6 Å². The number of anilines is 2. The van der Waals surface area contributed by atoms with Crippen LogP contribution in [0.15, 0.2) is 36.4 Å². The Kier molecular flexibility index (Phi) is 3.71. The summed E-state index contributed by atoms with van der Waals surface area (Å²) in [5, 5.41) is 16.3. The summed E-state index contributed by atoms with van der Waals surface area (Å²) in [6.45, 7) is 0.484. The van der Waals surface area contributed by atoms with Crippen molar-refractivity contribution in [2.24, 2.45) is 0 Å². The van der Waals surface area contributed by atoms with E-state index in [9.17, 15) is 9.90 Å². The number of phenolic OH excluding ortho intramolecular Hbond substituents is 1. The number of rotatable bonds is 3. The quantitative estimate of drug-likeness (QED) is 0.812. The minimum absolute atomic E-state index is 0.0621. The molecule has 1 aliphatic rings. The third-order valence-corrected chi connectivity index (χ3v) is 3.86. The second kappa shape index (κ2) is 5.66. The average molecular weight is 303 g/mol. The van der Waals surface area contributed by atoms with Gasteiger partial charge in [0.1, 0.15) is 5.75 Å². The van der Waals surface area contributed by atoms with Gasteiger partial charge < -0.3 is 15.7 Å². The zero-order valence-electron chi connectivity index (χ0n) is 11.3. The molecule has 1 aliphatic heterocycles. The van der Waals surface area contributed by atoms with Crippen LogP contribution in [0.2, 0.25) is 5.02 Å². The number of benzene rings is 2. The summed E-state index contributed by atoms with van der Waals surface area (Å²) in [6, 6.07) is 11.1. The number of fused-ring (bicyclic) bond motifs is 1. The predicted octanol–water partition coefficient (Wildman–Crippen LogP) is 3.54. The Balaban J connectivity index is 1.74. The molecule has 3 rings (SSSR count). The van der Waals surface area contributed by atoms with Crippen LogP contribution in [0.25, 0.3) is 0 Å². The number of nitrogens with one attached hydrogen (secondary N) is 2. The van der Waals surface area contributed by atoms with E-state index in [1.54, 1.807) is 6.07 Å². The van der Waals surface area contributed by atoms with E-state index in [1.165, 1.54) is 0 Å². The minimum Gasteiger partial charge on any atom is -0.506 e. The molecular weight excluding hydrogens is 288 g/mol. The van der Waals surface area contributed by atoms with E-state index < -0.39 is 0 Å². The molecule has 0 unspecified atom stereocenters. The van der Waals surface area contributed by atoms with Crippen LogP contribution < -0.4 is 10.6 Å². The molecule has 1 heterocycles. The van der Waals surface area contributed by atoms with Crippen LogP contribution in [0.3, 0.4) is 0 Å². The van der Waals surface area contributed by atoms with Gasteiger partial charge in [-0.15, -0.1) is 0 Å². The fraction of sp³-hybridized carbons (Fsp3) is 0.188. The third kappa shape index (κ3) is 2.95. The highest BCUT2D eigenvalue weighted by Gasteiger charge is 2.14. The van der Waals surface area contributed by atoms with E-state index in [4.69, 9.17) is 11.6 Å². The van der Waals surface area contributed by atoms with Gasteiger partial charge in [-0.1, -0.05) is 23.7 Å². The van der Waals surface area contributed by atoms with Crippen molar-refractivity contribution in [1.29, 1.82) is 0 Å². The maximum Gasteiger partial charge on any atom is 0.224 e. The van der Waals surface area contributed by atoms with Gasteiger partial charge in [0.15, 0.2) is 0 Å². The number of aromatic hydroxyl groups is 1. The van der Waals surface area contributed by atoms with E-state index in [0.29, 0.717) is 18.0 Å². The van der Waals surface area contributed by atoms with Crippen molar-refractivity contribution in [3.63, 3.8) is 0 Å². The number of hydrogen-bond donors (Lipinski definition) is 3. The largest absolute Gasteiger partial charge is 0.506 e. The molecule has 0 aromatic heterocycles. The molecular formula is C16H15ClN2O2. The lowest BCUT2D eigenvalue weighted by molar-refractivity contribution is -0.116. The van der Waals surface area contributed by atoms with Crippen molar-refractivity contribution >= 4 is 28.9 Å². The van der Waals surface area contributed by atoms with E-state index in [-0.39, 0.29) is 11.7 Å². The molecule has 2 aromatic rings. The highest BCUT2D eigenvalue weighted by Crippen LogP contribution is 2.29. The smallest absolute Gasteiger partial charge is 0.224 e. The number of halogens is 1. The normalized spacial score (nSPS) is 13.5. The predicted molar refractivity (Wildman–Crippen MR) is 83.8 cm³/mol. The fourth-order valence-corrected chi connectivity index (χ4v) is 2.59. The summed E-state index contributed by atoms with van der Waals surface area (Å²) in [5.41, 5.74) is 3.69. The van der Waals surface area contributed by atoms with Crippen LogP contribution in [0.5, 0.6) is 5.75 Å². The molecule has 0 saturated carbocycles. The number of phenols is 1. The van der Waals surface area contributed by atoms with Crippen molar-refractivity contribution in [3.8, 4) is 5.75 Å². The molecule has 0 atom stereocenters. The standard InChI is InChI=1S/C16H15ClN2O2/c17-13-3-1-2-11(16(13)21)9-18-12-5-6-14-10(8-12)4-7-15(20)19-14/h1-3,5-6,8,18,21H,4,7,9H2,(H,19,20). The summed E-state index contributed by atoms with van der Waals surface area (Å²) in [5.74, 6) is 0.170. The molecule has 21 heavy (non-hydrogen) atoms. The third-order valence-electron chi connectivity index (χ3n) is 3.55. The lowest BCUT2D eigenvalue weighted by atomic mass is 10.0. The summed E-state index contributed by atoms with van der Waals surface area (Å²) < 4.78 is 0. The van der Waals surface area contributed by atoms with E-state index >= 15 is 0 Å². The Morgan fingerprint density at radius 2 is 2.10 bits per heavy atom. The van der Waals surface area contributed by atoms with Crippen molar-refractivity contribution in [2.75, 3.05) is 10.6 Å². The zero-order valence-corrected chi connectivity index (χ0v) is 12.1. The second-order valence-corrected chi connectivity index (χ2v) is 5.43. The lowest BCUT2D eigenvalue weighted by Gasteiger charge is -2.18. The molecule has 108 valence electrons. The van der Waals surface area contributed by atoms with Gasteiger partial charge in [-0.25, -0.2) is 0 Å². The van der Waals surface area contributed by atoms with Gasteiger partial charge in [-0.2, -0.15) is 0 Å². The van der Waals surface area contributed by atoms with Gasteiger partial charge in [-0.05, 0) is 36.2 Å². The molecule has 0 bridgehead atoms. The first kappa shape index (κ1) is 13.8. The molecule has 2 aromatic carbocycles.